The number of thiazole rings is 1. The van der Waals surface area contributed by atoms with Crippen molar-refractivity contribution >= 4 is 50.7 Å². The molecule has 1 saturated heterocycles. The molecule has 0 saturated carbocycles. The Morgan fingerprint density at radius 3 is 2.69 bits per heavy atom. The first-order chi connectivity index (χ1) is 15.5. The summed E-state index contributed by atoms with van der Waals surface area (Å²) >= 11 is 14.1. The quantitative estimate of drug-likeness (QED) is 0.343. The molecule has 2 aromatic heterocycles. The third-order valence-corrected chi connectivity index (χ3v) is 7.39. The second kappa shape index (κ2) is 8.98. The van der Waals surface area contributed by atoms with Gasteiger partial charge >= 0.3 is 0 Å². The first-order valence-corrected chi connectivity index (χ1v) is 12.1. The molecular weight excluding hydrogens is 470 g/mol. The monoisotopic (exact) mass is 490 g/mol. The molecule has 1 aliphatic rings. The van der Waals surface area contributed by atoms with Gasteiger partial charge in [0.25, 0.3) is 0 Å². The van der Waals surface area contributed by atoms with Crippen molar-refractivity contribution < 1.29 is 9.50 Å². The third-order valence-electron chi connectivity index (χ3n) is 5.79. The number of imidazole rings is 1. The van der Waals surface area contributed by atoms with Gasteiger partial charge in [-0.1, -0.05) is 23.2 Å². The molecule has 3 heterocycles. The minimum absolute atomic E-state index is 0.0610. The Labute approximate surface area is 199 Å². The highest BCUT2D eigenvalue weighted by atomic mass is 35.5. The lowest BCUT2D eigenvalue weighted by Crippen LogP contribution is -2.25. The van der Waals surface area contributed by atoms with Crippen molar-refractivity contribution in [1.29, 1.82) is 0 Å². The van der Waals surface area contributed by atoms with Crippen molar-refractivity contribution in [3.63, 3.8) is 0 Å². The molecule has 5 nitrogen and oxygen atoms in total. The Hall–Kier alpha value is -2.19. The number of aliphatic hydroxyl groups is 1. The second-order valence-corrected chi connectivity index (χ2v) is 9.48. The van der Waals surface area contributed by atoms with Crippen LogP contribution >= 0.6 is 34.5 Å². The second-order valence-electron chi connectivity index (χ2n) is 7.83. The molecule has 1 atom stereocenters. The first kappa shape index (κ1) is 21.6. The topological polar surface area (TPSA) is 54.2 Å². The molecule has 5 rings (SSSR count). The zero-order valence-corrected chi connectivity index (χ0v) is 19.5. The van der Waals surface area contributed by atoms with Crippen LogP contribution < -0.4 is 4.90 Å². The predicted octanol–water partition coefficient (Wildman–Crippen LogP) is 6.33. The third kappa shape index (κ3) is 3.99. The van der Waals surface area contributed by atoms with Crippen LogP contribution in [0, 0.1) is 5.82 Å². The van der Waals surface area contributed by atoms with Gasteiger partial charge < -0.3 is 14.6 Å². The predicted molar refractivity (Wildman–Crippen MR) is 128 cm³/mol. The van der Waals surface area contributed by atoms with Crippen molar-refractivity contribution in [2.75, 3.05) is 18.1 Å². The summed E-state index contributed by atoms with van der Waals surface area (Å²) < 4.78 is 15.4. The summed E-state index contributed by atoms with van der Waals surface area (Å²) in [6.07, 6.45) is 2.60. The summed E-state index contributed by atoms with van der Waals surface area (Å²) in [7, 11) is 0. The van der Waals surface area contributed by atoms with Crippen molar-refractivity contribution in [3.8, 4) is 11.3 Å². The molecule has 0 bridgehead atoms. The Morgan fingerprint density at radius 1 is 1.12 bits per heavy atom. The van der Waals surface area contributed by atoms with E-state index in [0.717, 1.165) is 52.6 Å². The largest absolute Gasteiger partial charge is 0.396 e. The van der Waals surface area contributed by atoms with Gasteiger partial charge in [0.1, 0.15) is 11.6 Å². The number of nitrogens with zero attached hydrogens (tertiary/aromatic N) is 4. The Kier molecular flexibility index (Phi) is 6.07. The zero-order valence-electron chi connectivity index (χ0n) is 17.1. The molecule has 2 aromatic carbocycles. The number of halogens is 3. The van der Waals surface area contributed by atoms with Crippen LogP contribution in [0.4, 0.5) is 9.52 Å². The Morgan fingerprint density at radius 2 is 1.91 bits per heavy atom. The van der Waals surface area contributed by atoms with Gasteiger partial charge in [-0.05, 0) is 55.7 Å². The fourth-order valence-electron chi connectivity index (χ4n) is 4.27. The van der Waals surface area contributed by atoms with E-state index in [1.165, 1.54) is 12.1 Å². The van der Waals surface area contributed by atoms with Gasteiger partial charge in [0.15, 0.2) is 5.13 Å². The van der Waals surface area contributed by atoms with Crippen molar-refractivity contribution in [1.82, 2.24) is 14.5 Å². The van der Waals surface area contributed by atoms with Gasteiger partial charge in [0.05, 0.1) is 32.8 Å². The molecule has 166 valence electrons. The number of fused-ring (bicyclic) bond motifs is 1. The minimum atomic E-state index is -0.259. The smallest absolute Gasteiger partial charge is 0.186 e. The van der Waals surface area contributed by atoms with Crippen molar-refractivity contribution in [2.24, 2.45) is 0 Å². The van der Waals surface area contributed by atoms with Crippen molar-refractivity contribution in [2.45, 2.75) is 31.8 Å². The maximum atomic E-state index is 13.3. The summed E-state index contributed by atoms with van der Waals surface area (Å²) in [6, 6.07) is 10.1. The first-order valence-electron chi connectivity index (χ1n) is 10.5. The van der Waals surface area contributed by atoms with Crippen LogP contribution in [0.25, 0.3) is 22.3 Å². The molecule has 0 spiro atoms. The van der Waals surface area contributed by atoms with Crippen LogP contribution in [0.5, 0.6) is 0 Å². The summed E-state index contributed by atoms with van der Waals surface area (Å²) in [5.41, 5.74) is 3.44. The fraction of sp³-hybridized carbons (Fsp3) is 0.304. The highest BCUT2D eigenvalue weighted by Gasteiger charge is 2.32. The maximum absolute atomic E-state index is 13.3. The normalized spacial score (nSPS) is 16.4. The number of aliphatic hydroxyl groups excluding tert-OH is 1. The number of aryl methyl sites for hydroxylation is 1. The molecule has 0 aliphatic carbocycles. The van der Waals surface area contributed by atoms with Crippen molar-refractivity contribution in [3.05, 3.63) is 63.5 Å². The van der Waals surface area contributed by atoms with E-state index < -0.39 is 0 Å². The average Bonchev–Trinajstić information content (AvgIpc) is 3.51. The summed E-state index contributed by atoms with van der Waals surface area (Å²) in [6.45, 7) is 1.62. The molecule has 9 heteroatoms. The lowest BCUT2D eigenvalue weighted by molar-refractivity contribution is 0.279. The van der Waals surface area contributed by atoms with E-state index in [1.807, 2.05) is 11.4 Å². The van der Waals surface area contributed by atoms with Crippen LogP contribution in [0.1, 0.15) is 31.1 Å². The van der Waals surface area contributed by atoms with Crippen LogP contribution in [0.3, 0.4) is 0 Å². The lowest BCUT2D eigenvalue weighted by atomic mass is 10.2. The molecule has 1 aliphatic heterocycles. The molecule has 0 amide bonds. The van der Waals surface area contributed by atoms with Gasteiger partial charge in [-0.2, -0.15) is 0 Å². The SMILES string of the molecule is OCCCn1c(C2CCCN2c2nc(-c3ccc(F)cc3)cs2)nc2cc(Cl)c(Cl)cc21. The summed E-state index contributed by atoms with van der Waals surface area (Å²) in [4.78, 5) is 12.1. The highest BCUT2D eigenvalue weighted by Crippen LogP contribution is 2.40. The van der Waals surface area contributed by atoms with E-state index >= 15 is 0 Å². The van der Waals surface area contributed by atoms with E-state index in [0.29, 0.717) is 23.0 Å². The van der Waals surface area contributed by atoms with Crippen LogP contribution in [0.15, 0.2) is 41.8 Å². The average molecular weight is 491 g/mol. The van der Waals surface area contributed by atoms with E-state index in [1.54, 1.807) is 29.5 Å². The molecular formula is C23H21Cl2FN4OS. The molecule has 32 heavy (non-hydrogen) atoms. The van der Waals surface area contributed by atoms with Crippen LogP contribution in [0.2, 0.25) is 10.0 Å². The number of benzene rings is 2. The van der Waals surface area contributed by atoms with Crippen LogP contribution in [-0.2, 0) is 6.54 Å². The molecule has 1 fully saturated rings. The molecule has 1 N–H and O–H groups in total. The van der Waals surface area contributed by atoms with E-state index in [9.17, 15) is 9.50 Å². The number of aromatic nitrogens is 3. The number of rotatable bonds is 6. The Balaban J connectivity index is 1.52. The Bertz CT molecular complexity index is 1260. The zero-order chi connectivity index (χ0) is 22.2. The van der Waals surface area contributed by atoms with Gasteiger partial charge in [-0.25, -0.2) is 14.4 Å². The number of hydrogen-bond acceptors (Lipinski definition) is 5. The van der Waals surface area contributed by atoms with Crippen LogP contribution in [-0.4, -0.2) is 32.8 Å². The summed E-state index contributed by atoms with van der Waals surface area (Å²) in [5, 5.41) is 13.3. The lowest BCUT2D eigenvalue weighted by Gasteiger charge is -2.24. The van der Waals surface area contributed by atoms with E-state index in [4.69, 9.17) is 33.2 Å². The van der Waals surface area contributed by atoms with E-state index in [-0.39, 0.29) is 18.5 Å². The molecule has 1 unspecified atom stereocenters. The minimum Gasteiger partial charge on any atom is -0.396 e. The molecule has 4 aromatic rings. The maximum Gasteiger partial charge on any atom is 0.186 e. The van der Waals surface area contributed by atoms with Gasteiger partial charge in [0.2, 0.25) is 0 Å². The summed E-state index contributed by atoms with van der Waals surface area (Å²) in [5.74, 6) is 0.675. The van der Waals surface area contributed by atoms with E-state index in [2.05, 4.69) is 9.47 Å². The fourth-order valence-corrected chi connectivity index (χ4v) is 5.50. The number of anilines is 1. The van der Waals surface area contributed by atoms with Gasteiger partial charge in [0, 0.05) is 30.6 Å². The highest BCUT2D eigenvalue weighted by molar-refractivity contribution is 7.14. The standard InChI is InChI=1S/C23H21Cl2FN4OS/c24-16-11-18-21(12-17(16)25)29(9-2-10-31)22(27-18)20-3-1-8-30(20)23-28-19(13-32-23)14-4-6-15(26)7-5-14/h4-7,11-13,20,31H,1-3,8-10H2. The van der Waals surface area contributed by atoms with Gasteiger partial charge in [-0.15, -0.1) is 11.3 Å². The van der Waals surface area contributed by atoms with Gasteiger partial charge in [-0.3, -0.25) is 0 Å². The number of hydrogen-bond donors (Lipinski definition) is 1. The molecule has 0 radical (unpaired) electrons.